The van der Waals surface area contributed by atoms with Crippen LogP contribution in [-0.2, 0) is 23.8 Å². The van der Waals surface area contributed by atoms with Crippen LogP contribution in [0.1, 0.15) is 20.8 Å². The molecule has 2 heterocycles. The average molecular weight is 339 g/mol. The molecule has 2 aliphatic rings. The SMILES string of the molecule is C=C(/C=C(\C)OC(C)=O)OCC1=C(C)N2C(=O)[C@H](OC)[C@H]2SC1. The van der Waals surface area contributed by atoms with E-state index in [1.54, 1.807) is 36.8 Å². The van der Waals surface area contributed by atoms with Crippen molar-refractivity contribution in [2.24, 2.45) is 0 Å². The van der Waals surface area contributed by atoms with Crippen LogP contribution in [0.25, 0.3) is 0 Å². The Hall–Kier alpha value is -1.73. The maximum atomic E-state index is 12.0. The smallest absolute Gasteiger partial charge is 0.307 e. The zero-order valence-corrected chi connectivity index (χ0v) is 14.6. The van der Waals surface area contributed by atoms with E-state index in [1.807, 2.05) is 6.92 Å². The Labute approximate surface area is 140 Å². The van der Waals surface area contributed by atoms with Crippen LogP contribution in [0, 0.1) is 0 Å². The van der Waals surface area contributed by atoms with Gasteiger partial charge >= 0.3 is 5.97 Å². The molecule has 0 spiro atoms. The van der Waals surface area contributed by atoms with Gasteiger partial charge in [0.1, 0.15) is 23.5 Å². The molecule has 0 aromatic carbocycles. The fraction of sp³-hybridized carbons (Fsp3) is 0.500. The molecule has 0 unspecified atom stereocenters. The fourth-order valence-electron chi connectivity index (χ4n) is 2.48. The van der Waals surface area contributed by atoms with E-state index in [2.05, 4.69) is 6.58 Å². The van der Waals surface area contributed by atoms with Crippen molar-refractivity contribution in [3.05, 3.63) is 35.4 Å². The highest BCUT2D eigenvalue weighted by molar-refractivity contribution is 8.00. The predicted octanol–water partition coefficient (Wildman–Crippen LogP) is 2.19. The number of hydrogen-bond donors (Lipinski definition) is 0. The van der Waals surface area contributed by atoms with Crippen LogP contribution < -0.4 is 0 Å². The second-order valence-electron chi connectivity index (χ2n) is 5.36. The van der Waals surface area contributed by atoms with Crippen LogP contribution in [0.4, 0.5) is 0 Å². The maximum Gasteiger partial charge on any atom is 0.307 e. The van der Waals surface area contributed by atoms with E-state index in [4.69, 9.17) is 14.2 Å². The van der Waals surface area contributed by atoms with Crippen molar-refractivity contribution >= 4 is 23.6 Å². The molecule has 0 aromatic heterocycles. The standard InChI is InChI=1S/C16H21NO5S/c1-9(6-10(2)22-12(4)18)21-7-13-8-23-16-14(20-5)15(19)17(16)11(13)3/h6,14,16H,1,7-8H2,2-5H3/b10-6+/t14-,16+/m0/s1. The summed E-state index contributed by atoms with van der Waals surface area (Å²) in [5.41, 5.74) is 1.95. The van der Waals surface area contributed by atoms with E-state index in [0.29, 0.717) is 18.1 Å². The number of fused-ring (bicyclic) bond motifs is 1. The van der Waals surface area contributed by atoms with Gasteiger partial charge in [-0.05, 0) is 19.4 Å². The summed E-state index contributed by atoms with van der Waals surface area (Å²) in [6, 6.07) is 0. The second kappa shape index (κ2) is 7.23. The first kappa shape index (κ1) is 17.6. The molecule has 0 saturated carbocycles. The number of carbonyl (C=O) groups is 2. The van der Waals surface area contributed by atoms with Gasteiger partial charge in [0.05, 0.1) is 0 Å². The van der Waals surface area contributed by atoms with Gasteiger partial charge in [-0.2, -0.15) is 0 Å². The number of rotatable bonds is 6. The quantitative estimate of drug-likeness (QED) is 0.320. The molecule has 2 aliphatic heterocycles. The molecule has 0 N–H and O–H groups in total. The van der Waals surface area contributed by atoms with Crippen LogP contribution >= 0.6 is 11.8 Å². The van der Waals surface area contributed by atoms with Crippen molar-refractivity contribution in [1.29, 1.82) is 0 Å². The van der Waals surface area contributed by atoms with Crippen molar-refractivity contribution in [3.63, 3.8) is 0 Å². The molecule has 0 aliphatic carbocycles. The highest BCUT2D eigenvalue weighted by atomic mass is 32.2. The summed E-state index contributed by atoms with van der Waals surface area (Å²) < 4.78 is 15.7. The van der Waals surface area contributed by atoms with Crippen molar-refractivity contribution in [2.45, 2.75) is 32.2 Å². The second-order valence-corrected chi connectivity index (χ2v) is 6.46. The Morgan fingerprint density at radius 2 is 2.17 bits per heavy atom. The van der Waals surface area contributed by atoms with Gasteiger partial charge in [-0.25, -0.2) is 0 Å². The zero-order valence-electron chi connectivity index (χ0n) is 13.8. The maximum absolute atomic E-state index is 12.0. The molecule has 0 radical (unpaired) electrons. The van der Waals surface area contributed by atoms with Crippen molar-refractivity contribution in [3.8, 4) is 0 Å². The number of ether oxygens (including phenoxy) is 3. The molecule has 2 atom stereocenters. The van der Waals surface area contributed by atoms with Crippen LogP contribution in [0.3, 0.4) is 0 Å². The average Bonchev–Trinajstić information content (AvgIpc) is 2.44. The lowest BCUT2D eigenvalue weighted by Gasteiger charge is -2.49. The van der Waals surface area contributed by atoms with Crippen LogP contribution in [0.15, 0.2) is 35.4 Å². The minimum atomic E-state index is -0.385. The highest BCUT2D eigenvalue weighted by Crippen LogP contribution is 2.41. The first-order chi connectivity index (χ1) is 10.8. The third-order valence-electron chi connectivity index (χ3n) is 3.65. The number of methoxy groups -OCH3 is 1. The predicted molar refractivity (Wildman–Crippen MR) is 87.2 cm³/mol. The molecule has 126 valence electrons. The number of β-lactam (4-membered cyclic amide) rings is 1. The summed E-state index contributed by atoms with van der Waals surface area (Å²) in [6.45, 7) is 9.03. The topological polar surface area (TPSA) is 65.1 Å². The van der Waals surface area contributed by atoms with Crippen molar-refractivity contribution < 1.29 is 23.8 Å². The van der Waals surface area contributed by atoms with E-state index in [0.717, 1.165) is 17.0 Å². The fourth-order valence-corrected chi connectivity index (χ4v) is 3.96. The van der Waals surface area contributed by atoms with Crippen LogP contribution in [0.5, 0.6) is 0 Å². The number of amides is 1. The molecule has 1 saturated heterocycles. The van der Waals surface area contributed by atoms with E-state index in [9.17, 15) is 9.59 Å². The van der Waals surface area contributed by atoms with E-state index >= 15 is 0 Å². The Balaban J connectivity index is 1.94. The number of hydrogen-bond acceptors (Lipinski definition) is 6. The van der Waals surface area contributed by atoms with E-state index in [1.165, 1.54) is 6.92 Å². The molecule has 7 heteroatoms. The molecule has 1 fully saturated rings. The van der Waals surface area contributed by atoms with Crippen LogP contribution in [0.2, 0.25) is 0 Å². The molecule has 6 nitrogen and oxygen atoms in total. The molecule has 2 rings (SSSR count). The Kier molecular flexibility index (Phi) is 5.54. The van der Waals surface area contributed by atoms with E-state index in [-0.39, 0.29) is 23.4 Å². The number of carbonyl (C=O) groups excluding carboxylic acids is 2. The number of esters is 1. The minimum Gasteiger partial charge on any atom is -0.490 e. The first-order valence-electron chi connectivity index (χ1n) is 7.19. The van der Waals surface area contributed by atoms with Gasteiger partial charge in [-0.1, -0.05) is 6.58 Å². The Bertz CT molecular complexity index is 595. The lowest BCUT2D eigenvalue weighted by molar-refractivity contribution is -0.158. The normalized spacial score (nSPS) is 24.1. The first-order valence-corrected chi connectivity index (χ1v) is 8.24. The van der Waals surface area contributed by atoms with Gasteiger partial charge in [-0.3, -0.25) is 14.5 Å². The Morgan fingerprint density at radius 3 is 2.78 bits per heavy atom. The number of nitrogens with zero attached hydrogens (tertiary/aromatic N) is 1. The van der Waals surface area contributed by atoms with Gasteiger partial charge in [0.2, 0.25) is 0 Å². The van der Waals surface area contributed by atoms with Crippen molar-refractivity contribution in [1.82, 2.24) is 4.90 Å². The summed E-state index contributed by atoms with van der Waals surface area (Å²) in [7, 11) is 1.56. The molecule has 0 bridgehead atoms. The third kappa shape index (κ3) is 3.79. The molecule has 23 heavy (non-hydrogen) atoms. The van der Waals surface area contributed by atoms with Crippen LogP contribution in [-0.4, -0.2) is 47.7 Å². The summed E-state index contributed by atoms with van der Waals surface area (Å²) >= 11 is 1.66. The van der Waals surface area contributed by atoms with Gasteiger partial charge in [0.25, 0.3) is 5.91 Å². The van der Waals surface area contributed by atoms with Gasteiger partial charge < -0.3 is 14.2 Å². The zero-order chi connectivity index (χ0) is 17.1. The monoisotopic (exact) mass is 339 g/mol. The molecule has 0 aromatic rings. The lowest BCUT2D eigenvalue weighted by atomic mass is 10.1. The largest absolute Gasteiger partial charge is 0.490 e. The van der Waals surface area contributed by atoms with Crippen molar-refractivity contribution in [2.75, 3.05) is 19.5 Å². The summed E-state index contributed by atoms with van der Waals surface area (Å²) in [4.78, 5) is 24.6. The third-order valence-corrected chi connectivity index (χ3v) is 4.97. The number of thioether (sulfide) groups is 1. The van der Waals surface area contributed by atoms with Gasteiger partial charge in [0, 0.05) is 31.6 Å². The van der Waals surface area contributed by atoms with E-state index < -0.39 is 0 Å². The summed E-state index contributed by atoms with van der Waals surface area (Å²) in [5.74, 6) is 1.21. The summed E-state index contributed by atoms with van der Waals surface area (Å²) in [5, 5.41) is 0.0607. The lowest BCUT2D eigenvalue weighted by Crippen LogP contribution is -2.64. The Morgan fingerprint density at radius 1 is 1.48 bits per heavy atom. The molecule has 1 amide bonds. The number of allylic oxidation sites excluding steroid dienone is 3. The van der Waals surface area contributed by atoms with Gasteiger partial charge in [0.15, 0.2) is 6.10 Å². The van der Waals surface area contributed by atoms with Gasteiger partial charge in [-0.15, -0.1) is 11.8 Å². The highest BCUT2D eigenvalue weighted by Gasteiger charge is 2.51. The molecular weight excluding hydrogens is 318 g/mol. The summed E-state index contributed by atoms with van der Waals surface area (Å²) in [6.07, 6.45) is 1.22. The minimum absolute atomic E-state index is 0.0101. The molecular formula is C16H21NO5S.